The lowest BCUT2D eigenvalue weighted by molar-refractivity contribution is 0.0905. The maximum atomic E-state index is 12.0. The van der Waals surface area contributed by atoms with E-state index in [1.807, 2.05) is 25.1 Å². The van der Waals surface area contributed by atoms with Crippen molar-refractivity contribution in [3.05, 3.63) is 41.0 Å². The SMILES string of the molecule is CCCC(O)CNC(=O)c1cc(-c2ccccc2Cl)n[nH]1. The number of hydrogen-bond acceptors (Lipinski definition) is 3. The van der Waals surface area contributed by atoms with Gasteiger partial charge in [0.1, 0.15) is 5.69 Å². The average Bonchev–Trinajstić information content (AvgIpc) is 2.95. The zero-order valence-corrected chi connectivity index (χ0v) is 12.5. The maximum Gasteiger partial charge on any atom is 0.269 e. The summed E-state index contributed by atoms with van der Waals surface area (Å²) in [5.41, 5.74) is 1.72. The normalized spacial score (nSPS) is 12.1. The molecular weight excluding hydrogens is 290 g/mol. The third kappa shape index (κ3) is 4.06. The molecule has 0 aliphatic carbocycles. The van der Waals surface area contributed by atoms with Crippen LogP contribution in [-0.2, 0) is 0 Å². The predicted molar refractivity (Wildman–Crippen MR) is 82.3 cm³/mol. The molecule has 3 N–H and O–H groups in total. The number of aromatic nitrogens is 2. The molecule has 1 amide bonds. The summed E-state index contributed by atoms with van der Waals surface area (Å²) in [5.74, 6) is -0.295. The molecule has 2 aromatic rings. The summed E-state index contributed by atoms with van der Waals surface area (Å²) in [7, 11) is 0. The van der Waals surface area contributed by atoms with Crippen LogP contribution in [0.2, 0.25) is 5.02 Å². The number of carbonyl (C=O) groups excluding carboxylic acids is 1. The minimum absolute atomic E-state index is 0.229. The number of aliphatic hydroxyl groups is 1. The van der Waals surface area contributed by atoms with E-state index in [0.29, 0.717) is 22.8 Å². The van der Waals surface area contributed by atoms with Crippen molar-refractivity contribution in [1.29, 1.82) is 0 Å². The lowest BCUT2D eigenvalue weighted by atomic mass is 10.1. The Morgan fingerprint density at radius 1 is 1.48 bits per heavy atom. The standard InChI is InChI=1S/C15H18ClN3O2/c1-2-5-10(20)9-17-15(21)14-8-13(18-19-14)11-6-3-4-7-12(11)16/h3-4,6-8,10,20H,2,5,9H2,1H3,(H,17,21)(H,18,19). The molecule has 1 aromatic heterocycles. The van der Waals surface area contributed by atoms with E-state index in [1.54, 1.807) is 12.1 Å². The van der Waals surface area contributed by atoms with Crippen LogP contribution >= 0.6 is 11.6 Å². The molecule has 0 fully saturated rings. The van der Waals surface area contributed by atoms with E-state index in [1.165, 1.54) is 0 Å². The molecule has 0 saturated heterocycles. The number of aromatic amines is 1. The fraction of sp³-hybridized carbons (Fsp3) is 0.333. The number of nitrogens with zero attached hydrogens (tertiary/aromatic N) is 1. The second-order valence-corrected chi connectivity index (χ2v) is 5.21. The van der Waals surface area contributed by atoms with Gasteiger partial charge in [-0.2, -0.15) is 5.10 Å². The highest BCUT2D eigenvalue weighted by Gasteiger charge is 2.13. The first-order valence-electron chi connectivity index (χ1n) is 6.88. The molecule has 0 aliphatic heterocycles. The van der Waals surface area contributed by atoms with Gasteiger partial charge in [-0.05, 0) is 18.6 Å². The summed E-state index contributed by atoms with van der Waals surface area (Å²) in [5, 5.41) is 19.6. The van der Waals surface area contributed by atoms with E-state index in [2.05, 4.69) is 15.5 Å². The predicted octanol–water partition coefficient (Wildman–Crippen LogP) is 2.62. The first kappa shape index (κ1) is 15.5. The van der Waals surface area contributed by atoms with Crippen LogP contribution in [0, 0.1) is 0 Å². The van der Waals surface area contributed by atoms with Crippen LogP contribution in [0.1, 0.15) is 30.3 Å². The van der Waals surface area contributed by atoms with Gasteiger partial charge < -0.3 is 10.4 Å². The van der Waals surface area contributed by atoms with Gasteiger partial charge in [-0.25, -0.2) is 0 Å². The molecular formula is C15H18ClN3O2. The van der Waals surface area contributed by atoms with E-state index >= 15 is 0 Å². The number of aliphatic hydroxyl groups excluding tert-OH is 1. The van der Waals surface area contributed by atoms with Crippen LogP contribution in [0.15, 0.2) is 30.3 Å². The monoisotopic (exact) mass is 307 g/mol. The minimum atomic E-state index is -0.523. The highest BCUT2D eigenvalue weighted by atomic mass is 35.5. The molecule has 1 atom stereocenters. The van der Waals surface area contributed by atoms with Crippen LogP contribution in [0.3, 0.4) is 0 Å². The number of amides is 1. The van der Waals surface area contributed by atoms with Gasteiger partial charge in [-0.3, -0.25) is 9.89 Å². The second-order valence-electron chi connectivity index (χ2n) is 4.80. The molecule has 0 radical (unpaired) electrons. The first-order chi connectivity index (χ1) is 10.1. The molecule has 0 saturated carbocycles. The minimum Gasteiger partial charge on any atom is -0.391 e. The molecule has 0 bridgehead atoms. The molecule has 1 unspecified atom stereocenters. The maximum absolute atomic E-state index is 12.0. The number of halogens is 1. The van der Waals surface area contributed by atoms with Crippen LogP contribution in [0.5, 0.6) is 0 Å². The summed E-state index contributed by atoms with van der Waals surface area (Å²) in [6.07, 6.45) is 1.01. The van der Waals surface area contributed by atoms with Crippen molar-refractivity contribution in [2.24, 2.45) is 0 Å². The summed E-state index contributed by atoms with van der Waals surface area (Å²) in [6.45, 7) is 2.21. The summed E-state index contributed by atoms with van der Waals surface area (Å²) < 4.78 is 0. The van der Waals surface area contributed by atoms with Crippen molar-refractivity contribution in [2.45, 2.75) is 25.9 Å². The highest BCUT2D eigenvalue weighted by molar-refractivity contribution is 6.33. The lowest BCUT2D eigenvalue weighted by Gasteiger charge is -2.09. The molecule has 1 aromatic carbocycles. The topological polar surface area (TPSA) is 78.0 Å². The quantitative estimate of drug-likeness (QED) is 0.767. The van der Waals surface area contributed by atoms with E-state index in [4.69, 9.17) is 11.6 Å². The van der Waals surface area contributed by atoms with Gasteiger partial charge in [0.05, 0.1) is 16.8 Å². The van der Waals surface area contributed by atoms with Crippen LogP contribution in [0.25, 0.3) is 11.3 Å². The van der Waals surface area contributed by atoms with Crippen LogP contribution < -0.4 is 5.32 Å². The lowest BCUT2D eigenvalue weighted by Crippen LogP contribution is -2.32. The Bertz CT molecular complexity index is 612. The highest BCUT2D eigenvalue weighted by Crippen LogP contribution is 2.26. The van der Waals surface area contributed by atoms with Gasteiger partial charge in [-0.15, -0.1) is 0 Å². The molecule has 1 heterocycles. The van der Waals surface area contributed by atoms with Crippen molar-refractivity contribution in [2.75, 3.05) is 6.54 Å². The van der Waals surface area contributed by atoms with Gasteiger partial charge >= 0.3 is 0 Å². The molecule has 6 heteroatoms. The van der Waals surface area contributed by atoms with E-state index < -0.39 is 6.10 Å². The Kier molecular flexibility index (Phi) is 5.36. The Morgan fingerprint density at radius 3 is 2.95 bits per heavy atom. The average molecular weight is 308 g/mol. The van der Waals surface area contributed by atoms with E-state index in [9.17, 15) is 9.90 Å². The molecule has 0 spiro atoms. The third-order valence-corrected chi connectivity index (χ3v) is 3.42. The van der Waals surface area contributed by atoms with Crippen molar-refractivity contribution >= 4 is 17.5 Å². The molecule has 5 nitrogen and oxygen atoms in total. The van der Waals surface area contributed by atoms with Gasteiger partial charge in [0.15, 0.2) is 0 Å². The number of hydrogen-bond donors (Lipinski definition) is 3. The van der Waals surface area contributed by atoms with E-state index in [-0.39, 0.29) is 12.5 Å². The second kappa shape index (κ2) is 7.24. The fourth-order valence-corrected chi connectivity index (χ4v) is 2.22. The van der Waals surface area contributed by atoms with Crippen molar-refractivity contribution < 1.29 is 9.90 Å². The van der Waals surface area contributed by atoms with E-state index in [0.717, 1.165) is 12.0 Å². The summed E-state index contributed by atoms with van der Waals surface area (Å²) >= 11 is 6.10. The Morgan fingerprint density at radius 2 is 2.24 bits per heavy atom. The van der Waals surface area contributed by atoms with Gasteiger partial charge in [0.2, 0.25) is 0 Å². The molecule has 21 heavy (non-hydrogen) atoms. The number of carbonyl (C=O) groups is 1. The summed E-state index contributed by atoms with van der Waals surface area (Å²) in [4.78, 5) is 12.0. The Balaban J connectivity index is 2.03. The van der Waals surface area contributed by atoms with Gasteiger partial charge in [0.25, 0.3) is 5.91 Å². The first-order valence-corrected chi connectivity index (χ1v) is 7.26. The van der Waals surface area contributed by atoms with Gasteiger partial charge in [-0.1, -0.05) is 43.1 Å². The number of nitrogens with one attached hydrogen (secondary N) is 2. The molecule has 2 rings (SSSR count). The van der Waals surface area contributed by atoms with Crippen LogP contribution in [0.4, 0.5) is 0 Å². The Hall–Kier alpha value is -1.85. The largest absolute Gasteiger partial charge is 0.391 e. The van der Waals surface area contributed by atoms with Crippen molar-refractivity contribution in [1.82, 2.24) is 15.5 Å². The molecule has 0 aliphatic rings. The third-order valence-electron chi connectivity index (χ3n) is 3.09. The Labute approximate surface area is 128 Å². The summed E-state index contributed by atoms with van der Waals surface area (Å²) in [6, 6.07) is 8.94. The molecule has 112 valence electrons. The van der Waals surface area contributed by atoms with Gasteiger partial charge in [0, 0.05) is 12.1 Å². The van der Waals surface area contributed by atoms with Crippen LogP contribution in [-0.4, -0.2) is 33.9 Å². The number of H-pyrrole nitrogens is 1. The van der Waals surface area contributed by atoms with Crippen molar-refractivity contribution in [3.63, 3.8) is 0 Å². The zero-order chi connectivity index (χ0) is 15.2. The zero-order valence-electron chi connectivity index (χ0n) is 11.8. The fourth-order valence-electron chi connectivity index (χ4n) is 1.99. The number of benzene rings is 1. The number of rotatable bonds is 6. The smallest absolute Gasteiger partial charge is 0.269 e. The van der Waals surface area contributed by atoms with Crippen molar-refractivity contribution in [3.8, 4) is 11.3 Å².